The minimum atomic E-state index is -0.821. The molecule has 1 aromatic carbocycles. The van der Waals surface area contributed by atoms with Crippen LogP contribution in [0.1, 0.15) is 54.1 Å². The van der Waals surface area contributed by atoms with Gasteiger partial charge in [-0.3, -0.25) is 4.79 Å². The molecule has 0 saturated heterocycles. The molecule has 1 atom stereocenters. The van der Waals surface area contributed by atoms with Crippen LogP contribution >= 0.6 is 0 Å². The van der Waals surface area contributed by atoms with Crippen LogP contribution in [0.15, 0.2) is 42.6 Å². The Hall–Kier alpha value is -2.36. The van der Waals surface area contributed by atoms with E-state index in [1.54, 1.807) is 49.0 Å². The fourth-order valence-electron chi connectivity index (χ4n) is 2.32. The maximum absolute atomic E-state index is 12.4. The number of esters is 1. The van der Waals surface area contributed by atoms with Gasteiger partial charge in [0.15, 0.2) is 6.10 Å². The molecule has 0 amide bonds. The molecule has 23 heavy (non-hydrogen) atoms. The summed E-state index contributed by atoms with van der Waals surface area (Å²) in [5.41, 5.74) is 2.16. The second kappa shape index (κ2) is 6.41. The summed E-state index contributed by atoms with van der Waals surface area (Å²) in [7, 11) is 1.76. The first-order valence-electron chi connectivity index (χ1n) is 7.67. The topological polar surface area (TPSA) is 48.3 Å². The molecule has 1 aromatic heterocycles. The van der Waals surface area contributed by atoms with Crippen LogP contribution in [0.2, 0.25) is 0 Å². The minimum absolute atomic E-state index is 0.0339. The van der Waals surface area contributed by atoms with Crippen molar-refractivity contribution in [1.29, 1.82) is 0 Å². The van der Waals surface area contributed by atoms with E-state index in [1.165, 1.54) is 0 Å². The molecule has 0 bridgehead atoms. The number of aryl methyl sites for hydroxylation is 1. The van der Waals surface area contributed by atoms with Crippen LogP contribution in [0.3, 0.4) is 0 Å². The van der Waals surface area contributed by atoms with Crippen LogP contribution in [0, 0.1) is 0 Å². The molecule has 122 valence electrons. The Balaban J connectivity index is 2.08. The van der Waals surface area contributed by atoms with Crippen molar-refractivity contribution in [3.8, 4) is 0 Å². The molecule has 4 nitrogen and oxygen atoms in total. The SMILES string of the molecule is C[C@H](OC(=O)c1cccn1C)C(=O)c1ccc(C(C)(C)C)cc1. The molecule has 4 heteroatoms. The van der Waals surface area contributed by atoms with Crippen molar-refractivity contribution in [2.45, 2.75) is 39.2 Å². The summed E-state index contributed by atoms with van der Waals surface area (Å²) in [4.78, 5) is 24.5. The number of hydrogen-bond acceptors (Lipinski definition) is 3. The largest absolute Gasteiger partial charge is 0.450 e. The second-order valence-electron chi connectivity index (χ2n) is 6.74. The van der Waals surface area contributed by atoms with Gasteiger partial charge in [-0.2, -0.15) is 0 Å². The molecule has 1 heterocycles. The van der Waals surface area contributed by atoms with Crippen LogP contribution in [-0.2, 0) is 17.2 Å². The molecule has 0 unspecified atom stereocenters. The summed E-state index contributed by atoms with van der Waals surface area (Å²) in [6.07, 6.45) is 0.937. The molecule has 0 spiro atoms. The van der Waals surface area contributed by atoms with E-state index in [0.29, 0.717) is 11.3 Å². The van der Waals surface area contributed by atoms with Crippen molar-refractivity contribution in [3.05, 3.63) is 59.4 Å². The lowest BCUT2D eigenvalue weighted by atomic mass is 9.86. The van der Waals surface area contributed by atoms with Gasteiger partial charge in [-0.05, 0) is 30.0 Å². The highest BCUT2D eigenvalue weighted by Gasteiger charge is 2.22. The Morgan fingerprint density at radius 1 is 1.09 bits per heavy atom. The molecule has 0 aliphatic carbocycles. The maximum Gasteiger partial charge on any atom is 0.355 e. The molecule has 0 aliphatic rings. The van der Waals surface area contributed by atoms with E-state index in [0.717, 1.165) is 5.56 Å². The first kappa shape index (κ1) is 17.0. The average Bonchev–Trinajstić information content (AvgIpc) is 2.92. The zero-order valence-electron chi connectivity index (χ0n) is 14.3. The highest BCUT2D eigenvalue weighted by Crippen LogP contribution is 2.22. The second-order valence-corrected chi connectivity index (χ2v) is 6.74. The van der Waals surface area contributed by atoms with Crippen molar-refractivity contribution in [1.82, 2.24) is 4.57 Å². The number of nitrogens with zero attached hydrogens (tertiary/aromatic N) is 1. The van der Waals surface area contributed by atoms with Gasteiger partial charge in [0.05, 0.1) is 0 Å². The lowest BCUT2D eigenvalue weighted by molar-refractivity contribution is 0.0309. The summed E-state index contributed by atoms with van der Waals surface area (Å²) < 4.78 is 6.94. The Kier molecular flexibility index (Phi) is 4.73. The fraction of sp³-hybridized carbons (Fsp3) is 0.368. The van der Waals surface area contributed by atoms with E-state index in [9.17, 15) is 9.59 Å². The van der Waals surface area contributed by atoms with Gasteiger partial charge in [0.1, 0.15) is 5.69 Å². The lowest BCUT2D eigenvalue weighted by Crippen LogP contribution is -2.25. The highest BCUT2D eigenvalue weighted by molar-refractivity contribution is 6.01. The summed E-state index contributed by atoms with van der Waals surface area (Å²) in [5, 5.41) is 0. The van der Waals surface area contributed by atoms with Gasteiger partial charge in [-0.15, -0.1) is 0 Å². The minimum Gasteiger partial charge on any atom is -0.450 e. The van der Waals surface area contributed by atoms with Crippen LogP contribution in [-0.4, -0.2) is 22.4 Å². The molecule has 0 N–H and O–H groups in total. The molecule has 0 saturated carbocycles. The normalized spacial score (nSPS) is 12.7. The van der Waals surface area contributed by atoms with E-state index < -0.39 is 12.1 Å². The highest BCUT2D eigenvalue weighted by atomic mass is 16.5. The molecule has 0 fully saturated rings. The van der Waals surface area contributed by atoms with Gasteiger partial charge in [0.25, 0.3) is 0 Å². The average molecular weight is 313 g/mol. The Labute approximate surface area is 137 Å². The molecular formula is C19H23NO3. The third kappa shape index (κ3) is 3.89. The van der Waals surface area contributed by atoms with Crippen molar-refractivity contribution in [2.24, 2.45) is 7.05 Å². The van der Waals surface area contributed by atoms with Gasteiger partial charge in [0.2, 0.25) is 5.78 Å². The molecule has 0 aliphatic heterocycles. The van der Waals surface area contributed by atoms with Crippen molar-refractivity contribution in [2.75, 3.05) is 0 Å². The van der Waals surface area contributed by atoms with Crippen LogP contribution in [0.5, 0.6) is 0 Å². The number of rotatable bonds is 4. The monoisotopic (exact) mass is 313 g/mol. The number of carbonyl (C=O) groups excluding carboxylic acids is 2. The summed E-state index contributed by atoms with van der Waals surface area (Å²) in [6.45, 7) is 7.96. The van der Waals surface area contributed by atoms with Crippen LogP contribution < -0.4 is 0 Å². The van der Waals surface area contributed by atoms with E-state index in [-0.39, 0.29) is 11.2 Å². The Morgan fingerprint density at radius 2 is 1.70 bits per heavy atom. The summed E-state index contributed by atoms with van der Waals surface area (Å²) in [5.74, 6) is -0.697. The summed E-state index contributed by atoms with van der Waals surface area (Å²) in [6, 6.07) is 10.9. The van der Waals surface area contributed by atoms with Crippen LogP contribution in [0.25, 0.3) is 0 Å². The number of carbonyl (C=O) groups is 2. The zero-order chi connectivity index (χ0) is 17.2. The third-order valence-corrected chi connectivity index (χ3v) is 3.84. The lowest BCUT2D eigenvalue weighted by Gasteiger charge is -2.19. The van der Waals surface area contributed by atoms with Crippen LogP contribution in [0.4, 0.5) is 0 Å². The van der Waals surface area contributed by atoms with Crippen molar-refractivity contribution >= 4 is 11.8 Å². The van der Waals surface area contributed by atoms with Gasteiger partial charge < -0.3 is 9.30 Å². The quantitative estimate of drug-likeness (QED) is 0.638. The molecule has 0 radical (unpaired) electrons. The number of ether oxygens (including phenoxy) is 1. The Morgan fingerprint density at radius 3 is 2.17 bits per heavy atom. The van der Waals surface area contributed by atoms with E-state index in [2.05, 4.69) is 20.8 Å². The standard InChI is InChI=1S/C19H23NO3/c1-13(23-18(22)16-7-6-12-20(16)5)17(21)14-8-10-15(11-9-14)19(2,3)4/h6-13H,1-5H3/t13-/m0/s1. The summed E-state index contributed by atoms with van der Waals surface area (Å²) >= 11 is 0. The predicted octanol–water partition coefficient (Wildman–Crippen LogP) is 3.75. The van der Waals surface area contributed by atoms with E-state index in [1.807, 2.05) is 12.1 Å². The number of hydrogen-bond donors (Lipinski definition) is 0. The number of benzene rings is 1. The number of ketones is 1. The first-order chi connectivity index (χ1) is 10.7. The molecule has 2 rings (SSSR count). The Bertz CT molecular complexity index is 705. The zero-order valence-corrected chi connectivity index (χ0v) is 14.3. The number of Topliss-reactive ketones (excluding diaryl/α,β-unsaturated/α-hetero) is 1. The predicted molar refractivity (Wildman–Crippen MR) is 89.8 cm³/mol. The van der Waals surface area contributed by atoms with Gasteiger partial charge in [0, 0.05) is 18.8 Å². The molecular weight excluding hydrogens is 290 g/mol. The first-order valence-corrected chi connectivity index (χ1v) is 7.67. The van der Waals surface area contributed by atoms with Gasteiger partial charge >= 0.3 is 5.97 Å². The fourth-order valence-corrected chi connectivity index (χ4v) is 2.32. The van der Waals surface area contributed by atoms with Gasteiger partial charge in [-0.1, -0.05) is 45.0 Å². The maximum atomic E-state index is 12.4. The third-order valence-electron chi connectivity index (χ3n) is 3.84. The van der Waals surface area contributed by atoms with Gasteiger partial charge in [-0.25, -0.2) is 4.79 Å². The smallest absolute Gasteiger partial charge is 0.355 e. The van der Waals surface area contributed by atoms with Crippen molar-refractivity contribution < 1.29 is 14.3 Å². The van der Waals surface area contributed by atoms with E-state index in [4.69, 9.17) is 4.74 Å². The van der Waals surface area contributed by atoms with E-state index >= 15 is 0 Å². The van der Waals surface area contributed by atoms with Crippen molar-refractivity contribution in [3.63, 3.8) is 0 Å². The number of aromatic nitrogens is 1. The molecule has 2 aromatic rings.